The Morgan fingerprint density at radius 1 is 1.47 bits per heavy atom. The van der Waals surface area contributed by atoms with Crippen LogP contribution >= 0.6 is 23.2 Å². The van der Waals surface area contributed by atoms with Gasteiger partial charge in [-0.25, -0.2) is 4.79 Å². The fraction of sp³-hybridized carbons (Fsp3) is 0.364. The third kappa shape index (κ3) is 3.27. The molecule has 0 fully saturated rings. The molecule has 0 aliphatic rings. The normalized spacial score (nSPS) is 13.7. The first-order valence-corrected chi connectivity index (χ1v) is 6.12. The summed E-state index contributed by atoms with van der Waals surface area (Å²) in [6, 6.07) is 2.24. The molecule has 0 spiro atoms. The zero-order chi connectivity index (χ0) is 14.8. The van der Waals surface area contributed by atoms with Gasteiger partial charge in [0.25, 0.3) is 5.69 Å². The Morgan fingerprint density at radius 3 is 2.26 bits per heavy atom. The second kappa shape index (κ2) is 5.63. The Hall–Kier alpha value is -1.53. The van der Waals surface area contributed by atoms with Crippen molar-refractivity contribution in [2.24, 2.45) is 0 Å². The summed E-state index contributed by atoms with van der Waals surface area (Å²) in [5.41, 5.74) is -1.35. The third-order valence-electron chi connectivity index (χ3n) is 2.82. The molecule has 0 amide bonds. The number of hydrogen-bond donors (Lipinski definition) is 2. The van der Waals surface area contributed by atoms with Gasteiger partial charge in [0.05, 0.1) is 20.7 Å². The summed E-state index contributed by atoms with van der Waals surface area (Å²) in [6.07, 6.45) is 0.284. The van der Waals surface area contributed by atoms with Gasteiger partial charge in [0.1, 0.15) is 5.54 Å². The van der Waals surface area contributed by atoms with Crippen molar-refractivity contribution in [1.29, 1.82) is 0 Å². The highest BCUT2D eigenvalue weighted by Crippen LogP contribution is 2.36. The van der Waals surface area contributed by atoms with Crippen LogP contribution in [0.5, 0.6) is 0 Å². The Kier molecular flexibility index (Phi) is 4.60. The van der Waals surface area contributed by atoms with E-state index in [1.807, 2.05) is 0 Å². The minimum absolute atomic E-state index is 0.000116. The highest BCUT2D eigenvalue weighted by Gasteiger charge is 2.32. The van der Waals surface area contributed by atoms with Gasteiger partial charge < -0.3 is 10.4 Å². The first-order valence-electron chi connectivity index (χ1n) is 5.36. The number of non-ortho nitro benzene ring substituents is 1. The summed E-state index contributed by atoms with van der Waals surface area (Å²) >= 11 is 11.8. The Labute approximate surface area is 119 Å². The van der Waals surface area contributed by atoms with Gasteiger partial charge in [-0.3, -0.25) is 10.1 Å². The molecule has 8 heteroatoms. The SMILES string of the molecule is CCC(C)(Nc1c(Cl)cc([N+](=O)[O-])cc1Cl)C(=O)O. The van der Waals surface area contributed by atoms with Gasteiger partial charge >= 0.3 is 5.97 Å². The summed E-state index contributed by atoms with van der Waals surface area (Å²) < 4.78 is 0. The lowest BCUT2D eigenvalue weighted by Crippen LogP contribution is -2.42. The van der Waals surface area contributed by atoms with E-state index < -0.39 is 16.4 Å². The summed E-state index contributed by atoms with van der Waals surface area (Å²) in [4.78, 5) is 21.2. The van der Waals surface area contributed by atoms with E-state index in [4.69, 9.17) is 28.3 Å². The van der Waals surface area contributed by atoms with Gasteiger partial charge in [-0.2, -0.15) is 0 Å². The molecule has 1 atom stereocenters. The van der Waals surface area contributed by atoms with E-state index >= 15 is 0 Å². The van der Waals surface area contributed by atoms with Gasteiger partial charge in [0, 0.05) is 12.1 Å². The van der Waals surface area contributed by atoms with Crippen LogP contribution < -0.4 is 5.32 Å². The smallest absolute Gasteiger partial charge is 0.329 e. The van der Waals surface area contributed by atoms with Crippen molar-refractivity contribution in [3.05, 3.63) is 32.3 Å². The second-order valence-electron chi connectivity index (χ2n) is 4.16. The molecule has 0 saturated heterocycles. The van der Waals surface area contributed by atoms with E-state index in [9.17, 15) is 14.9 Å². The van der Waals surface area contributed by atoms with Crippen molar-refractivity contribution in [2.45, 2.75) is 25.8 Å². The van der Waals surface area contributed by atoms with Crippen LogP contribution in [0.4, 0.5) is 11.4 Å². The van der Waals surface area contributed by atoms with Crippen molar-refractivity contribution in [3.8, 4) is 0 Å². The summed E-state index contributed by atoms with van der Waals surface area (Å²) in [7, 11) is 0. The molecule has 19 heavy (non-hydrogen) atoms. The van der Waals surface area contributed by atoms with E-state index in [0.717, 1.165) is 12.1 Å². The first kappa shape index (κ1) is 15.5. The number of carboxylic acid groups (broad SMARTS) is 1. The molecule has 104 valence electrons. The van der Waals surface area contributed by atoms with Crippen molar-refractivity contribution in [3.63, 3.8) is 0 Å². The van der Waals surface area contributed by atoms with E-state index in [2.05, 4.69) is 5.32 Å². The highest BCUT2D eigenvalue weighted by molar-refractivity contribution is 6.39. The van der Waals surface area contributed by atoms with Crippen molar-refractivity contribution >= 4 is 40.5 Å². The number of carbonyl (C=O) groups is 1. The first-order chi connectivity index (χ1) is 8.71. The fourth-order valence-electron chi connectivity index (χ4n) is 1.35. The predicted molar refractivity (Wildman–Crippen MR) is 73.1 cm³/mol. The maximum absolute atomic E-state index is 11.2. The van der Waals surface area contributed by atoms with E-state index in [1.54, 1.807) is 6.92 Å². The molecule has 1 rings (SSSR count). The Bertz CT molecular complexity index is 512. The number of anilines is 1. The number of nitro groups is 1. The molecule has 2 N–H and O–H groups in total. The monoisotopic (exact) mass is 306 g/mol. The molecule has 1 aromatic carbocycles. The lowest BCUT2D eigenvalue weighted by atomic mass is 9.98. The number of aliphatic carboxylic acids is 1. The molecule has 0 heterocycles. The van der Waals surface area contributed by atoms with Crippen LogP contribution in [0.15, 0.2) is 12.1 Å². The topological polar surface area (TPSA) is 92.5 Å². The van der Waals surface area contributed by atoms with Gasteiger partial charge in [-0.1, -0.05) is 30.1 Å². The third-order valence-corrected chi connectivity index (χ3v) is 3.41. The van der Waals surface area contributed by atoms with E-state index in [0.29, 0.717) is 0 Å². The fourth-order valence-corrected chi connectivity index (χ4v) is 1.92. The molecule has 1 unspecified atom stereocenters. The van der Waals surface area contributed by atoms with Crippen LogP contribution in [0.1, 0.15) is 20.3 Å². The number of benzene rings is 1. The average Bonchev–Trinajstić information content (AvgIpc) is 2.32. The average molecular weight is 307 g/mol. The molecule has 0 radical (unpaired) electrons. The second-order valence-corrected chi connectivity index (χ2v) is 4.97. The zero-order valence-electron chi connectivity index (χ0n) is 10.2. The standard InChI is InChI=1S/C11H12Cl2N2O4/c1-3-11(2,10(16)17)14-9-7(12)4-6(15(18)19)5-8(9)13/h4-5,14H,3H2,1-2H3,(H,16,17). The molecular weight excluding hydrogens is 295 g/mol. The maximum Gasteiger partial charge on any atom is 0.329 e. The minimum atomic E-state index is -1.26. The van der Waals surface area contributed by atoms with Crippen molar-refractivity contribution in [2.75, 3.05) is 5.32 Å². The summed E-state index contributed by atoms with van der Waals surface area (Å²) in [5.74, 6) is -1.07. The number of rotatable bonds is 5. The van der Waals surface area contributed by atoms with Crippen LogP contribution in [-0.4, -0.2) is 21.5 Å². The number of nitrogens with one attached hydrogen (secondary N) is 1. The molecule has 0 aliphatic carbocycles. The number of nitrogens with zero attached hydrogens (tertiary/aromatic N) is 1. The maximum atomic E-state index is 11.2. The Balaban J connectivity index is 3.23. The van der Waals surface area contributed by atoms with Crippen LogP contribution in [0, 0.1) is 10.1 Å². The van der Waals surface area contributed by atoms with Gasteiger partial charge in [-0.15, -0.1) is 0 Å². The van der Waals surface area contributed by atoms with E-state index in [1.165, 1.54) is 6.92 Å². The van der Waals surface area contributed by atoms with Crippen LogP contribution in [0.3, 0.4) is 0 Å². The van der Waals surface area contributed by atoms with Crippen LogP contribution in [0.2, 0.25) is 10.0 Å². The van der Waals surface area contributed by atoms with Crippen molar-refractivity contribution < 1.29 is 14.8 Å². The van der Waals surface area contributed by atoms with E-state index in [-0.39, 0.29) is 27.8 Å². The molecule has 0 aliphatic heterocycles. The highest BCUT2D eigenvalue weighted by atomic mass is 35.5. The lowest BCUT2D eigenvalue weighted by molar-refractivity contribution is -0.384. The Morgan fingerprint density at radius 2 is 1.95 bits per heavy atom. The van der Waals surface area contributed by atoms with Crippen molar-refractivity contribution in [1.82, 2.24) is 0 Å². The van der Waals surface area contributed by atoms with Gasteiger partial charge in [0.2, 0.25) is 0 Å². The zero-order valence-corrected chi connectivity index (χ0v) is 11.7. The quantitative estimate of drug-likeness (QED) is 0.641. The number of halogens is 2. The molecule has 0 saturated carbocycles. The number of carboxylic acids is 1. The predicted octanol–water partition coefficient (Wildman–Crippen LogP) is 3.57. The van der Waals surface area contributed by atoms with Crippen LogP contribution in [0.25, 0.3) is 0 Å². The van der Waals surface area contributed by atoms with Gasteiger partial charge in [0.15, 0.2) is 0 Å². The minimum Gasteiger partial charge on any atom is -0.480 e. The molecule has 6 nitrogen and oxygen atoms in total. The summed E-state index contributed by atoms with van der Waals surface area (Å²) in [5, 5.41) is 22.5. The molecule has 1 aromatic rings. The van der Waals surface area contributed by atoms with Crippen LogP contribution in [-0.2, 0) is 4.79 Å². The van der Waals surface area contributed by atoms with Gasteiger partial charge in [-0.05, 0) is 13.3 Å². The molecule has 0 bridgehead atoms. The largest absolute Gasteiger partial charge is 0.480 e. The lowest BCUT2D eigenvalue weighted by Gasteiger charge is -2.27. The number of nitro benzene ring substituents is 1. The molecular formula is C11H12Cl2N2O4. The number of hydrogen-bond acceptors (Lipinski definition) is 4. The molecule has 0 aromatic heterocycles. The summed E-state index contributed by atoms with van der Waals surface area (Å²) in [6.45, 7) is 3.16.